The van der Waals surface area contributed by atoms with Gasteiger partial charge in [-0.1, -0.05) is 0 Å². The van der Waals surface area contributed by atoms with E-state index in [4.69, 9.17) is 4.74 Å². The molecule has 1 aromatic carbocycles. The van der Waals surface area contributed by atoms with Gasteiger partial charge in [-0.3, -0.25) is 9.89 Å². The van der Waals surface area contributed by atoms with Crippen molar-refractivity contribution in [3.63, 3.8) is 0 Å². The Morgan fingerprint density at radius 3 is 3.25 bits per heavy atom. The molecule has 0 aliphatic heterocycles. The molecule has 2 N–H and O–H groups in total. The van der Waals surface area contributed by atoms with Gasteiger partial charge in [0.05, 0.1) is 11.7 Å². The van der Waals surface area contributed by atoms with Gasteiger partial charge < -0.3 is 10.1 Å². The fourth-order valence-electron chi connectivity index (χ4n) is 1.41. The number of hydrogen-bond donors (Lipinski definition) is 2. The number of anilines is 1. The number of amides is 1. The zero-order valence-electron chi connectivity index (χ0n) is 8.99. The summed E-state index contributed by atoms with van der Waals surface area (Å²) in [5.74, 6) is -0.152. The Kier molecular flexibility index (Phi) is 3.16. The minimum Gasteiger partial charge on any atom is -0.372 e. The second kappa shape index (κ2) is 4.76. The predicted octanol–water partition coefficient (Wildman–Crippen LogP) is 1.54. The summed E-state index contributed by atoms with van der Waals surface area (Å²) in [6.07, 6.45) is 1.74. The molecule has 5 nitrogen and oxygen atoms in total. The maximum absolute atomic E-state index is 11.4. The highest BCUT2D eigenvalue weighted by molar-refractivity contribution is 5.94. The Hall–Kier alpha value is -1.88. The van der Waals surface area contributed by atoms with Crippen molar-refractivity contribution in [1.29, 1.82) is 0 Å². The lowest BCUT2D eigenvalue weighted by Gasteiger charge is -2.04. The Labute approximate surface area is 92.8 Å². The molecule has 1 aromatic heterocycles. The van der Waals surface area contributed by atoms with E-state index in [-0.39, 0.29) is 12.5 Å². The quantitative estimate of drug-likeness (QED) is 0.819. The fourth-order valence-corrected chi connectivity index (χ4v) is 1.41. The average Bonchev–Trinajstić information content (AvgIpc) is 2.73. The van der Waals surface area contributed by atoms with Crippen molar-refractivity contribution in [2.75, 3.05) is 18.5 Å². The molecule has 0 fully saturated rings. The number of carbonyl (C=O) groups excluding carboxylic acids is 1. The minimum atomic E-state index is -0.152. The van der Waals surface area contributed by atoms with Crippen molar-refractivity contribution >= 4 is 22.5 Å². The maximum atomic E-state index is 11.4. The normalized spacial score (nSPS) is 10.6. The van der Waals surface area contributed by atoms with Gasteiger partial charge in [-0.2, -0.15) is 5.10 Å². The number of aromatic amines is 1. The molecule has 84 valence electrons. The smallest absolute Gasteiger partial charge is 0.250 e. The van der Waals surface area contributed by atoms with Crippen LogP contribution in [0.15, 0.2) is 24.4 Å². The molecule has 0 radical (unpaired) electrons. The first-order valence-corrected chi connectivity index (χ1v) is 5.10. The number of nitrogens with one attached hydrogen (secondary N) is 2. The van der Waals surface area contributed by atoms with E-state index in [1.54, 1.807) is 6.20 Å². The summed E-state index contributed by atoms with van der Waals surface area (Å²) in [4.78, 5) is 11.4. The van der Waals surface area contributed by atoms with E-state index in [1.165, 1.54) is 0 Å². The summed E-state index contributed by atoms with van der Waals surface area (Å²) in [5, 5.41) is 10.5. The van der Waals surface area contributed by atoms with Crippen LogP contribution in [0.1, 0.15) is 6.92 Å². The minimum absolute atomic E-state index is 0.0809. The number of fused-ring (bicyclic) bond motifs is 1. The monoisotopic (exact) mass is 219 g/mol. The second-order valence-electron chi connectivity index (χ2n) is 3.36. The second-order valence-corrected chi connectivity index (χ2v) is 3.36. The maximum Gasteiger partial charge on any atom is 0.250 e. The molecule has 1 amide bonds. The number of ether oxygens (including phenoxy) is 1. The van der Waals surface area contributed by atoms with Gasteiger partial charge in [0.15, 0.2) is 0 Å². The van der Waals surface area contributed by atoms with E-state index in [0.29, 0.717) is 6.61 Å². The van der Waals surface area contributed by atoms with Crippen LogP contribution in [-0.4, -0.2) is 29.3 Å². The zero-order valence-corrected chi connectivity index (χ0v) is 8.99. The standard InChI is InChI=1S/C11H13N3O2/c1-2-16-7-11(15)13-9-4-3-8-6-12-14-10(8)5-9/h3-6H,2,7H2,1H3,(H,12,14)(H,13,15). The molecule has 0 spiro atoms. The topological polar surface area (TPSA) is 67.0 Å². The SMILES string of the molecule is CCOCC(=O)Nc1ccc2cn[nH]c2c1. The Morgan fingerprint density at radius 1 is 1.56 bits per heavy atom. The van der Waals surface area contributed by atoms with E-state index >= 15 is 0 Å². The highest BCUT2D eigenvalue weighted by atomic mass is 16.5. The molecule has 0 saturated carbocycles. The summed E-state index contributed by atoms with van der Waals surface area (Å²) in [6, 6.07) is 5.57. The largest absolute Gasteiger partial charge is 0.372 e. The third kappa shape index (κ3) is 2.38. The molecule has 0 aliphatic carbocycles. The molecule has 2 rings (SSSR count). The van der Waals surface area contributed by atoms with Crippen molar-refractivity contribution < 1.29 is 9.53 Å². The van der Waals surface area contributed by atoms with Crippen molar-refractivity contribution in [3.8, 4) is 0 Å². The number of nitrogens with zero attached hydrogens (tertiary/aromatic N) is 1. The summed E-state index contributed by atoms with van der Waals surface area (Å²) in [7, 11) is 0. The predicted molar refractivity (Wildman–Crippen MR) is 61.2 cm³/mol. The third-order valence-corrected chi connectivity index (χ3v) is 2.16. The molecule has 0 aliphatic rings. The molecule has 1 heterocycles. The van der Waals surface area contributed by atoms with Gasteiger partial charge in [-0.15, -0.1) is 0 Å². The van der Waals surface area contributed by atoms with Crippen molar-refractivity contribution in [1.82, 2.24) is 10.2 Å². The molecular weight excluding hydrogens is 206 g/mol. The Bertz CT molecular complexity index is 493. The van der Waals surface area contributed by atoms with Gasteiger partial charge in [0, 0.05) is 17.7 Å². The zero-order chi connectivity index (χ0) is 11.4. The molecule has 0 atom stereocenters. The van der Waals surface area contributed by atoms with Crippen LogP contribution in [0.4, 0.5) is 5.69 Å². The number of carbonyl (C=O) groups is 1. The van der Waals surface area contributed by atoms with Gasteiger partial charge >= 0.3 is 0 Å². The van der Waals surface area contributed by atoms with Crippen LogP contribution in [0.5, 0.6) is 0 Å². The Morgan fingerprint density at radius 2 is 2.44 bits per heavy atom. The fraction of sp³-hybridized carbons (Fsp3) is 0.273. The van der Waals surface area contributed by atoms with E-state index in [2.05, 4.69) is 15.5 Å². The van der Waals surface area contributed by atoms with Gasteiger partial charge in [-0.05, 0) is 25.1 Å². The molecule has 5 heteroatoms. The first kappa shape index (κ1) is 10.6. The summed E-state index contributed by atoms with van der Waals surface area (Å²) in [6.45, 7) is 2.47. The molecular formula is C11H13N3O2. The Balaban J connectivity index is 2.06. The highest BCUT2D eigenvalue weighted by Crippen LogP contribution is 2.16. The summed E-state index contributed by atoms with van der Waals surface area (Å²) < 4.78 is 5.01. The lowest BCUT2D eigenvalue weighted by atomic mass is 10.2. The van der Waals surface area contributed by atoms with Crippen molar-refractivity contribution in [3.05, 3.63) is 24.4 Å². The van der Waals surface area contributed by atoms with E-state index in [1.807, 2.05) is 25.1 Å². The lowest BCUT2D eigenvalue weighted by Crippen LogP contribution is -2.18. The molecule has 16 heavy (non-hydrogen) atoms. The third-order valence-electron chi connectivity index (χ3n) is 2.16. The molecule has 0 saturated heterocycles. The van der Waals surface area contributed by atoms with Crippen LogP contribution in [0.3, 0.4) is 0 Å². The average molecular weight is 219 g/mol. The first-order chi connectivity index (χ1) is 7.79. The lowest BCUT2D eigenvalue weighted by molar-refractivity contribution is -0.120. The van der Waals surface area contributed by atoms with Crippen LogP contribution in [0, 0.1) is 0 Å². The first-order valence-electron chi connectivity index (χ1n) is 5.10. The highest BCUT2D eigenvalue weighted by Gasteiger charge is 2.03. The van der Waals surface area contributed by atoms with E-state index < -0.39 is 0 Å². The molecule has 0 bridgehead atoms. The number of hydrogen-bond acceptors (Lipinski definition) is 3. The van der Waals surface area contributed by atoms with Gasteiger partial charge in [0.25, 0.3) is 0 Å². The van der Waals surface area contributed by atoms with E-state index in [9.17, 15) is 4.79 Å². The summed E-state index contributed by atoms with van der Waals surface area (Å²) in [5.41, 5.74) is 1.63. The van der Waals surface area contributed by atoms with Gasteiger partial charge in [-0.25, -0.2) is 0 Å². The van der Waals surface area contributed by atoms with Crippen molar-refractivity contribution in [2.24, 2.45) is 0 Å². The molecule has 0 unspecified atom stereocenters. The van der Waals surface area contributed by atoms with Crippen LogP contribution in [-0.2, 0) is 9.53 Å². The van der Waals surface area contributed by atoms with E-state index in [0.717, 1.165) is 16.6 Å². The van der Waals surface area contributed by atoms with Gasteiger partial charge in [0.1, 0.15) is 6.61 Å². The number of aromatic nitrogens is 2. The van der Waals surface area contributed by atoms with Crippen LogP contribution < -0.4 is 5.32 Å². The van der Waals surface area contributed by atoms with Crippen LogP contribution >= 0.6 is 0 Å². The van der Waals surface area contributed by atoms with Crippen molar-refractivity contribution in [2.45, 2.75) is 6.92 Å². The number of rotatable bonds is 4. The number of H-pyrrole nitrogens is 1. The van der Waals surface area contributed by atoms with Gasteiger partial charge in [0.2, 0.25) is 5.91 Å². The molecule has 2 aromatic rings. The summed E-state index contributed by atoms with van der Waals surface area (Å²) >= 11 is 0. The van der Waals surface area contributed by atoms with Crippen LogP contribution in [0.25, 0.3) is 10.9 Å². The number of benzene rings is 1. The van der Waals surface area contributed by atoms with Crippen LogP contribution in [0.2, 0.25) is 0 Å².